The Hall–Kier alpha value is -3.12. The lowest BCUT2D eigenvalue weighted by molar-refractivity contribution is -0.137. The molecule has 2 amide bonds. The van der Waals surface area contributed by atoms with Gasteiger partial charge in [0.2, 0.25) is 11.8 Å². The van der Waals surface area contributed by atoms with Crippen molar-refractivity contribution in [3.63, 3.8) is 0 Å². The number of carbonyl (C=O) groups is 1. The maximum Gasteiger partial charge on any atom is 0.416 e. The van der Waals surface area contributed by atoms with Crippen LogP contribution in [0.3, 0.4) is 0 Å². The summed E-state index contributed by atoms with van der Waals surface area (Å²) < 4.78 is 50.6. The lowest BCUT2D eigenvalue weighted by Gasteiger charge is -2.30. The molecule has 190 valence electrons. The van der Waals surface area contributed by atoms with Gasteiger partial charge in [-0.3, -0.25) is 0 Å². The molecule has 1 saturated heterocycles. The first-order chi connectivity index (χ1) is 16.8. The predicted molar refractivity (Wildman–Crippen MR) is 121 cm³/mol. The number of amides is 2. The molecule has 2 heterocycles. The summed E-state index contributed by atoms with van der Waals surface area (Å²) in [5.74, 6) is 1.11. The highest BCUT2D eigenvalue weighted by Crippen LogP contribution is 2.32. The second-order valence-electron chi connectivity index (χ2n) is 8.56. The number of aliphatic hydroxyl groups excluding tert-OH is 1. The number of benzene rings is 1. The number of nitrogens with one attached hydrogen (secondary N) is 2. The van der Waals surface area contributed by atoms with E-state index in [0.717, 1.165) is 25.2 Å². The fourth-order valence-corrected chi connectivity index (χ4v) is 4.18. The summed E-state index contributed by atoms with van der Waals surface area (Å²) in [6, 6.07) is 4.00. The van der Waals surface area contributed by atoms with Gasteiger partial charge in [-0.25, -0.2) is 9.78 Å². The summed E-state index contributed by atoms with van der Waals surface area (Å²) in [4.78, 5) is 23.2. The van der Waals surface area contributed by atoms with Crippen molar-refractivity contribution < 1.29 is 32.5 Å². The monoisotopic (exact) mass is 495 g/mol. The molecule has 0 atom stereocenters. The Kier molecular flexibility index (Phi) is 7.91. The second kappa shape index (κ2) is 11.1. The van der Waals surface area contributed by atoms with Gasteiger partial charge in [0, 0.05) is 37.1 Å². The van der Waals surface area contributed by atoms with Gasteiger partial charge in [0.15, 0.2) is 0 Å². The Morgan fingerprint density at radius 1 is 1.17 bits per heavy atom. The van der Waals surface area contributed by atoms with E-state index in [9.17, 15) is 23.1 Å². The molecule has 12 heteroatoms. The summed E-state index contributed by atoms with van der Waals surface area (Å²) in [5, 5.41) is 14.5. The maximum atomic E-state index is 13.1. The molecule has 1 aromatic carbocycles. The van der Waals surface area contributed by atoms with Gasteiger partial charge in [-0.2, -0.15) is 18.2 Å². The van der Waals surface area contributed by atoms with Crippen molar-refractivity contribution in [2.75, 3.05) is 36.5 Å². The lowest BCUT2D eigenvalue weighted by Crippen LogP contribution is -2.41. The fraction of sp³-hybridized carbons (Fsp3) is 0.522. The molecule has 1 saturated carbocycles. The summed E-state index contributed by atoms with van der Waals surface area (Å²) >= 11 is 0. The van der Waals surface area contributed by atoms with E-state index >= 15 is 0 Å². The Labute approximate surface area is 200 Å². The number of nitrogens with zero attached hydrogens (tertiary/aromatic N) is 3. The van der Waals surface area contributed by atoms with E-state index in [1.54, 1.807) is 12.3 Å². The Morgan fingerprint density at radius 2 is 1.91 bits per heavy atom. The van der Waals surface area contributed by atoms with Gasteiger partial charge < -0.3 is 30.1 Å². The van der Waals surface area contributed by atoms with E-state index in [0.29, 0.717) is 50.7 Å². The van der Waals surface area contributed by atoms with Crippen molar-refractivity contribution in [3.8, 4) is 5.88 Å². The lowest BCUT2D eigenvalue weighted by atomic mass is 9.93. The number of hydrogen-bond donors (Lipinski definition) is 3. The Morgan fingerprint density at radius 3 is 2.60 bits per heavy atom. The van der Waals surface area contributed by atoms with Crippen molar-refractivity contribution >= 4 is 17.7 Å². The van der Waals surface area contributed by atoms with Crippen molar-refractivity contribution in [1.29, 1.82) is 0 Å². The van der Waals surface area contributed by atoms with Crippen LogP contribution in [0.15, 0.2) is 30.5 Å². The van der Waals surface area contributed by atoms with Gasteiger partial charge in [0.05, 0.1) is 25.4 Å². The molecule has 35 heavy (non-hydrogen) atoms. The zero-order valence-electron chi connectivity index (χ0n) is 19.1. The molecule has 0 bridgehead atoms. The summed E-state index contributed by atoms with van der Waals surface area (Å²) in [5.41, 5.74) is -0.897. The number of halogens is 3. The maximum absolute atomic E-state index is 13.1. The van der Waals surface area contributed by atoms with Crippen LogP contribution in [0, 0.1) is 0 Å². The smallest absolute Gasteiger partial charge is 0.416 e. The number of aromatic nitrogens is 2. The number of morpholine rings is 1. The van der Waals surface area contributed by atoms with Gasteiger partial charge in [-0.05, 0) is 49.4 Å². The average Bonchev–Trinajstić information content (AvgIpc) is 2.85. The van der Waals surface area contributed by atoms with Crippen molar-refractivity contribution in [1.82, 2.24) is 15.3 Å². The molecule has 3 N–H and O–H groups in total. The highest BCUT2D eigenvalue weighted by atomic mass is 19.4. The second-order valence-corrected chi connectivity index (χ2v) is 8.56. The molecule has 2 aliphatic rings. The molecule has 4 rings (SSSR count). The molecule has 2 aromatic rings. The molecule has 0 radical (unpaired) electrons. The van der Waals surface area contributed by atoms with Crippen molar-refractivity contribution in [2.24, 2.45) is 0 Å². The number of rotatable bonds is 6. The van der Waals surface area contributed by atoms with Gasteiger partial charge >= 0.3 is 12.2 Å². The van der Waals surface area contributed by atoms with Crippen LogP contribution in [0.4, 0.5) is 29.6 Å². The highest BCUT2D eigenvalue weighted by Gasteiger charge is 2.31. The average molecular weight is 496 g/mol. The van der Waals surface area contributed by atoms with Crippen molar-refractivity contribution in [2.45, 2.75) is 50.6 Å². The molecular formula is C23H28F3N5O4. The first kappa shape index (κ1) is 25.0. The van der Waals surface area contributed by atoms with Crippen LogP contribution in [0.1, 0.15) is 36.8 Å². The van der Waals surface area contributed by atoms with E-state index < -0.39 is 24.4 Å². The zero-order valence-corrected chi connectivity index (χ0v) is 19.1. The van der Waals surface area contributed by atoms with Gasteiger partial charge in [0.25, 0.3) is 0 Å². The van der Waals surface area contributed by atoms with Gasteiger partial charge in [-0.15, -0.1) is 0 Å². The molecule has 1 aromatic heterocycles. The predicted octanol–water partition coefficient (Wildman–Crippen LogP) is 3.34. The topological polar surface area (TPSA) is 109 Å². The van der Waals surface area contributed by atoms with Crippen LogP contribution < -0.4 is 20.3 Å². The first-order valence-corrected chi connectivity index (χ1v) is 11.5. The largest absolute Gasteiger partial charge is 0.474 e. The van der Waals surface area contributed by atoms with Crippen LogP contribution in [-0.2, 0) is 17.5 Å². The third-order valence-electron chi connectivity index (χ3n) is 5.97. The molecule has 9 nitrogen and oxygen atoms in total. The summed E-state index contributed by atoms with van der Waals surface area (Å²) in [7, 11) is 0. The first-order valence-electron chi connectivity index (χ1n) is 11.5. The summed E-state index contributed by atoms with van der Waals surface area (Å²) in [6.07, 6.45) is -0.267. The highest BCUT2D eigenvalue weighted by molar-refractivity contribution is 5.89. The fourth-order valence-electron chi connectivity index (χ4n) is 4.18. The third-order valence-corrected chi connectivity index (χ3v) is 5.97. The van der Waals surface area contributed by atoms with Crippen LogP contribution in [0.2, 0.25) is 0 Å². The molecule has 2 fully saturated rings. The molecule has 1 aliphatic carbocycles. The van der Waals surface area contributed by atoms with Gasteiger partial charge in [-0.1, -0.05) is 0 Å². The number of hydrogen-bond acceptors (Lipinski definition) is 7. The van der Waals surface area contributed by atoms with E-state index in [-0.39, 0.29) is 23.4 Å². The van der Waals surface area contributed by atoms with Gasteiger partial charge in [0.1, 0.15) is 6.10 Å². The minimum atomic E-state index is -4.58. The number of carbonyl (C=O) groups excluding carboxylic acids is 1. The number of aliphatic hydroxyl groups is 1. The molecule has 0 spiro atoms. The SMILES string of the molecule is O=C(Nc1cc(CO)cc(C(F)(F)F)c1)N[C@H]1CC[C@H](Oc2ccnc(N3CCOCC3)n2)CC1. The van der Waals surface area contributed by atoms with E-state index in [4.69, 9.17) is 9.47 Å². The van der Waals surface area contributed by atoms with E-state index in [1.807, 2.05) is 4.90 Å². The van der Waals surface area contributed by atoms with Crippen LogP contribution in [-0.4, -0.2) is 59.6 Å². The number of ether oxygens (including phenoxy) is 2. The van der Waals surface area contributed by atoms with E-state index in [2.05, 4.69) is 20.6 Å². The number of anilines is 2. The Balaban J connectivity index is 1.26. The minimum absolute atomic E-state index is 0.0294. The van der Waals surface area contributed by atoms with Crippen LogP contribution >= 0.6 is 0 Å². The minimum Gasteiger partial charge on any atom is -0.474 e. The zero-order chi connectivity index (χ0) is 24.8. The number of urea groups is 1. The molecule has 1 aliphatic heterocycles. The Bertz CT molecular complexity index is 1010. The van der Waals surface area contributed by atoms with Crippen LogP contribution in [0.25, 0.3) is 0 Å². The van der Waals surface area contributed by atoms with Crippen LogP contribution in [0.5, 0.6) is 5.88 Å². The standard InChI is InChI=1S/C23H28F3N5O4/c24-23(25,26)16-11-15(14-32)12-18(13-16)29-22(33)28-17-1-3-19(4-2-17)35-20-5-6-27-21(30-20)31-7-9-34-10-8-31/h5-6,11-13,17,19,32H,1-4,7-10,14H2,(H2,28,29,33)/t17-,19-. The van der Waals surface area contributed by atoms with Crippen molar-refractivity contribution in [3.05, 3.63) is 41.6 Å². The third kappa shape index (κ3) is 6.95. The molecule has 0 unspecified atom stereocenters. The van der Waals surface area contributed by atoms with E-state index in [1.165, 1.54) is 6.07 Å². The molecular weight excluding hydrogens is 467 g/mol. The normalized spacial score (nSPS) is 20.9. The quantitative estimate of drug-likeness (QED) is 0.564. The summed E-state index contributed by atoms with van der Waals surface area (Å²) in [6.45, 7) is 2.16. The number of alkyl halides is 3.